The second kappa shape index (κ2) is 13.5. The number of nitrogens with zero attached hydrogens (tertiary/aromatic N) is 1. The highest BCUT2D eigenvalue weighted by atomic mass is 16.6. The highest BCUT2D eigenvalue weighted by molar-refractivity contribution is 6.12. The van der Waals surface area contributed by atoms with Crippen LogP contribution < -0.4 is 19.5 Å². The van der Waals surface area contributed by atoms with E-state index >= 15 is 0 Å². The molecule has 46 heavy (non-hydrogen) atoms. The minimum atomic E-state index is -0.810. The van der Waals surface area contributed by atoms with Crippen LogP contribution in [0.15, 0.2) is 65.8 Å². The first-order valence-corrected chi connectivity index (χ1v) is 15.5. The van der Waals surface area contributed by atoms with Crippen LogP contribution in [0, 0.1) is 0 Å². The Hall–Kier alpha value is -5.12. The molecule has 0 aliphatic heterocycles. The summed E-state index contributed by atoms with van der Waals surface area (Å²) in [5, 5.41) is 4.64. The molecule has 10 nitrogen and oxygen atoms in total. The van der Waals surface area contributed by atoms with Gasteiger partial charge in [-0.05, 0) is 61.1 Å². The van der Waals surface area contributed by atoms with E-state index in [9.17, 15) is 14.4 Å². The number of anilines is 1. The summed E-state index contributed by atoms with van der Waals surface area (Å²) in [6.07, 6.45) is 6.68. The maximum Gasteiger partial charge on any atom is 0.413 e. The molecule has 6 rings (SSSR count). The third-order valence-corrected chi connectivity index (χ3v) is 8.50. The number of Topliss-reactive ketones (excluding diaryl/α,β-unsaturated/α-hetero) is 2. The Balaban J connectivity index is 1.40. The zero-order valence-electron chi connectivity index (χ0n) is 26.2. The summed E-state index contributed by atoms with van der Waals surface area (Å²) in [6.45, 7) is 0. The van der Waals surface area contributed by atoms with Crippen LogP contribution >= 0.6 is 0 Å². The summed E-state index contributed by atoms with van der Waals surface area (Å²) in [7, 11) is 4.64. The van der Waals surface area contributed by atoms with Gasteiger partial charge in [0.2, 0.25) is 5.75 Å². The molecule has 2 aromatic heterocycles. The zero-order chi connectivity index (χ0) is 32.2. The molecule has 0 radical (unpaired) electrons. The molecule has 2 aliphatic rings. The number of methoxy groups -OCH3 is 3. The summed E-state index contributed by atoms with van der Waals surface area (Å²) in [5.74, 6) is 1.83. The van der Waals surface area contributed by atoms with Crippen molar-refractivity contribution in [1.29, 1.82) is 0 Å². The minimum Gasteiger partial charge on any atom is -0.493 e. The number of carbonyl (C=O) groups is 3. The number of carbonyl (C=O) groups excluding carboxylic acids is 3. The van der Waals surface area contributed by atoms with Crippen LogP contribution in [0.5, 0.6) is 17.2 Å². The number of hydrogen-bond acceptors (Lipinski definition) is 8. The van der Waals surface area contributed by atoms with Crippen LogP contribution in [-0.4, -0.2) is 55.1 Å². The number of rotatable bonds is 8. The molecular formula is C36H37N3O7. The first-order chi connectivity index (χ1) is 22.4. The minimum absolute atomic E-state index is 0.0970. The van der Waals surface area contributed by atoms with Gasteiger partial charge < -0.3 is 23.9 Å². The molecule has 2 aromatic carbocycles. The predicted molar refractivity (Wildman–Crippen MR) is 176 cm³/mol. The fraction of sp³-hybridized carbons (Fsp3) is 0.333. The van der Waals surface area contributed by atoms with E-state index in [-0.39, 0.29) is 30.2 Å². The van der Waals surface area contributed by atoms with Crippen LogP contribution in [0.3, 0.4) is 0 Å². The van der Waals surface area contributed by atoms with Crippen LogP contribution in [0.4, 0.5) is 10.6 Å². The Kier molecular flexibility index (Phi) is 9.05. The fourth-order valence-electron chi connectivity index (χ4n) is 6.32. The van der Waals surface area contributed by atoms with Crippen LogP contribution in [0.2, 0.25) is 0 Å². The fourth-order valence-corrected chi connectivity index (χ4v) is 6.32. The van der Waals surface area contributed by atoms with Crippen molar-refractivity contribution in [2.75, 3.05) is 26.6 Å². The maximum atomic E-state index is 13.7. The van der Waals surface area contributed by atoms with E-state index in [1.807, 2.05) is 36.4 Å². The topological polar surface area (TPSA) is 129 Å². The number of fused-ring (bicyclic) bond motifs is 3. The molecule has 0 fully saturated rings. The van der Waals surface area contributed by atoms with Gasteiger partial charge in [-0.3, -0.25) is 14.9 Å². The number of aromatic nitrogens is 2. The largest absolute Gasteiger partial charge is 0.493 e. The number of ketones is 2. The van der Waals surface area contributed by atoms with Gasteiger partial charge in [0.25, 0.3) is 0 Å². The second-order valence-corrected chi connectivity index (χ2v) is 11.5. The van der Waals surface area contributed by atoms with Gasteiger partial charge in [0, 0.05) is 47.5 Å². The monoisotopic (exact) mass is 623 g/mol. The molecule has 0 saturated heterocycles. The number of ether oxygens (including phenoxy) is 4. The standard InChI is InChI=1S/C36H37N3O7/c1-43-29-18-23(19-30(44-2)35(29)45-3)32-33-27(26-14-8-9-15-28(26)37-33)20-31(38-32)39-36(42)46-34(21-10-4-6-12-24(40)16-21)22-11-5-7-13-25(41)17-22/h8-11,14-15,18-20,34,37H,4-7,12-13,16-17H2,1-3H3,(H,38,39,42). The van der Waals surface area contributed by atoms with E-state index in [4.69, 9.17) is 23.9 Å². The number of pyridine rings is 1. The molecule has 2 N–H and O–H groups in total. The summed E-state index contributed by atoms with van der Waals surface area (Å²) >= 11 is 0. The van der Waals surface area contributed by atoms with Gasteiger partial charge in [-0.25, -0.2) is 9.78 Å². The van der Waals surface area contributed by atoms with Crippen molar-refractivity contribution in [2.24, 2.45) is 0 Å². The van der Waals surface area contributed by atoms with Crippen molar-refractivity contribution in [3.8, 4) is 28.5 Å². The number of nitrogens with one attached hydrogen (secondary N) is 2. The summed E-state index contributed by atoms with van der Waals surface area (Å²) in [4.78, 5) is 47.1. The van der Waals surface area contributed by atoms with E-state index in [1.54, 1.807) is 39.5 Å². The molecule has 238 valence electrons. The summed E-state index contributed by atoms with van der Waals surface area (Å²) in [5.41, 5.74) is 4.33. The molecule has 0 spiro atoms. The molecule has 0 saturated carbocycles. The molecule has 0 unspecified atom stereocenters. The van der Waals surface area contributed by atoms with Crippen molar-refractivity contribution < 1.29 is 33.3 Å². The molecule has 10 heteroatoms. The first kappa shape index (κ1) is 30.9. The lowest BCUT2D eigenvalue weighted by Gasteiger charge is -2.23. The lowest BCUT2D eigenvalue weighted by molar-refractivity contribution is -0.119. The quantitative estimate of drug-likeness (QED) is 0.194. The third-order valence-electron chi connectivity index (χ3n) is 8.50. The van der Waals surface area contributed by atoms with Crippen molar-refractivity contribution in [3.63, 3.8) is 0 Å². The Morgan fingerprint density at radius 3 is 2.09 bits per heavy atom. The number of hydrogen-bond donors (Lipinski definition) is 2. The average Bonchev–Trinajstić information content (AvgIpc) is 3.16. The summed E-state index contributed by atoms with van der Waals surface area (Å²) < 4.78 is 22.8. The lowest BCUT2D eigenvalue weighted by atomic mass is 9.94. The highest BCUT2D eigenvalue weighted by Gasteiger charge is 2.29. The molecule has 2 heterocycles. The van der Waals surface area contributed by atoms with Crippen molar-refractivity contribution in [3.05, 3.63) is 65.8 Å². The maximum absolute atomic E-state index is 13.7. The van der Waals surface area contributed by atoms with E-state index < -0.39 is 12.2 Å². The van der Waals surface area contributed by atoms with E-state index in [2.05, 4.69) is 10.3 Å². The number of aromatic amines is 1. The van der Waals surface area contributed by atoms with Gasteiger partial charge >= 0.3 is 6.09 Å². The Morgan fingerprint density at radius 2 is 1.48 bits per heavy atom. The number of H-pyrrole nitrogens is 1. The second-order valence-electron chi connectivity index (χ2n) is 11.5. The van der Waals surface area contributed by atoms with E-state index in [0.29, 0.717) is 54.2 Å². The van der Waals surface area contributed by atoms with Crippen molar-refractivity contribution >= 4 is 45.3 Å². The molecule has 0 bridgehead atoms. The lowest BCUT2D eigenvalue weighted by Crippen LogP contribution is -2.28. The molecule has 4 aromatic rings. The molecule has 0 atom stereocenters. The van der Waals surface area contributed by atoms with Gasteiger partial charge in [0.05, 0.1) is 32.5 Å². The molecule has 1 amide bonds. The normalized spacial score (nSPS) is 15.7. The van der Waals surface area contributed by atoms with E-state index in [0.717, 1.165) is 45.8 Å². The van der Waals surface area contributed by atoms with Gasteiger partial charge in [0.15, 0.2) is 11.5 Å². The summed E-state index contributed by atoms with van der Waals surface area (Å²) in [6, 6.07) is 13.3. The predicted octanol–water partition coefficient (Wildman–Crippen LogP) is 7.47. The van der Waals surface area contributed by atoms with Crippen molar-refractivity contribution in [2.45, 2.75) is 57.5 Å². The first-order valence-electron chi connectivity index (χ1n) is 15.5. The number of allylic oxidation sites excluding steroid dienone is 2. The van der Waals surface area contributed by atoms with Gasteiger partial charge in [-0.1, -0.05) is 30.4 Å². The van der Waals surface area contributed by atoms with Crippen LogP contribution in [0.25, 0.3) is 33.1 Å². The Labute approximate surface area is 266 Å². The van der Waals surface area contributed by atoms with Crippen LogP contribution in [0.1, 0.15) is 51.4 Å². The number of benzene rings is 2. The van der Waals surface area contributed by atoms with Crippen LogP contribution in [-0.2, 0) is 14.3 Å². The zero-order valence-corrected chi connectivity index (χ0v) is 26.2. The number of amides is 1. The van der Waals surface area contributed by atoms with Gasteiger partial charge in [-0.2, -0.15) is 0 Å². The van der Waals surface area contributed by atoms with Gasteiger partial charge in [-0.15, -0.1) is 0 Å². The SMILES string of the molecule is COc1cc(-c2nc(NC(=O)OC(C3=CCCCC(=O)C3)C3=CCCCC(=O)C3)cc3c2[nH]c2ccccc23)cc(OC)c1OC. The highest BCUT2D eigenvalue weighted by Crippen LogP contribution is 2.43. The third kappa shape index (κ3) is 6.33. The van der Waals surface area contributed by atoms with E-state index in [1.165, 1.54) is 0 Å². The Morgan fingerprint density at radius 1 is 0.848 bits per heavy atom. The smallest absolute Gasteiger partial charge is 0.413 e. The molecule has 2 aliphatic carbocycles. The average molecular weight is 624 g/mol. The number of para-hydroxylation sites is 1. The van der Waals surface area contributed by atoms with Crippen molar-refractivity contribution in [1.82, 2.24) is 9.97 Å². The Bertz CT molecular complexity index is 1820. The molecular weight excluding hydrogens is 586 g/mol. The van der Waals surface area contributed by atoms with Gasteiger partial charge in [0.1, 0.15) is 23.5 Å².